The molecule has 82 valence electrons. The van der Waals surface area contributed by atoms with Crippen molar-refractivity contribution >= 4 is 23.2 Å². The first-order valence-electron chi connectivity index (χ1n) is 4.40. The first-order chi connectivity index (χ1) is 7.51. The number of carbonyl (C=O) groups is 2. The van der Waals surface area contributed by atoms with Gasteiger partial charge >= 0.3 is 0 Å². The molecule has 5 heteroatoms. The predicted molar refractivity (Wildman–Crippen MR) is 62.1 cm³/mol. The molecule has 0 amide bonds. The zero-order valence-electron chi connectivity index (χ0n) is 8.56. The number of pyridine rings is 1. The maximum Gasteiger partial charge on any atom is 0.189 e. The molecule has 0 spiro atoms. The smallest absolute Gasteiger partial charge is 0.189 e. The molecular weight excluding hydrogens is 206 g/mol. The molecule has 16 heavy (non-hydrogen) atoms. The number of ketones is 2. The minimum atomic E-state index is -0.477. The van der Waals surface area contributed by atoms with Crippen molar-refractivity contribution in [3.63, 3.8) is 0 Å². The van der Waals surface area contributed by atoms with Gasteiger partial charge in [-0.05, 0) is 18.2 Å². The predicted octanol–water partition coefficient (Wildman–Crippen LogP) is 0.983. The van der Waals surface area contributed by atoms with E-state index in [2.05, 4.69) is 18.1 Å². The van der Waals surface area contributed by atoms with E-state index in [4.69, 9.17) is 11.5 Å². The molecule has 0 aliphatic heterocycles. The molecule has 1 rings (SSSR count). The lowest BCUT2D eigenvalue weighted by molar-refractivity contribution is 0.101. The number of hydrogen-bond acceptors (Lipinski definition) is 5. The summed E-state index contributed by atoms with van der Waals surface area (Å²) in [5.41, 5.74) is 11.1. The molecule has 0 aromatic carbocycles. The molecule has 5 nitrogen and oxygen atoms in total. The molecule has 0 radical (unpaired) electrons. The van der Waals surface area contributed by atoms with Crippen molar-refractivity contribution in [3.8, 4) is 0 Å². The van der Waals surface area contributed by atoms with Crippen LogP contribution in [-0.2, 0) is 0 Å². The van der Waals surface area contributed by atoms with Crippen molar-refractivity contribution in [2.45, 2.75) is 0 Å². The maximum atomic E-state index is 11.5. The van der Waals surface area contributed by atoms with Crippen LogP contribution in [0, 0.1) is 0 Å². The molecule has 0 unspecified atom stereocenters. The Hall–Kier alpha value is -2.43. The summed E-state index contributed by atoms with van der Waals surface area (Å²) >= 11 is 0. The Morgan fingerprint density at radius 1 is 1.19 bits per heavy atom. The van der Waals surface area contributed by atoms with Crippen LogP contribution in [-0.4, -0.2) is 16.6 Å². The molecule has 4 N–H and O–H groups in total. The Kier molecular flexibility index (Phi) is 3.20. The fourth-order valence-corrected chi connectivity index (χ4v) is 1.25. The summed E-state index contributed by atoms with van der Waals surface area (Å²) in [6.07, 6.45) is 2.14. The van der Waals surface area contributed by atoms with Gasteiger partial charge in [0.25, 0.3) is 0 Å². The monoisotopic (exact) mass is 217 g/mol. The van der Waals surface area contributed by atoms with Gasteiger partial charge in [0.15, 0.2) is 11.6 Å². The molecule has 0 saturated heterocycles. The fourth-order valence-electron chi connectivity index (χ4n) is 1.25. The van der Waals surface area contributed by atoms with Gasteiger partial charge in [-0.15, -0.1) is 0 Å². The van der Waals surface area contributed by atoms with Crippen molar-refractivity contribution in [1.29, 1.82) is 0 Å². The van der Waals surface area contributed by atoms with E-state index in [-0.39, 0.29) is 22.8 Å². The van der Waals surface area contributed by atoms with Gasteiger partial charge in [-0.2, -0.15) is 0 Å². The van der Waals surface area contributed by atoms with Crippen LogP contribution < -0.4 is 11.5 Å². The van der Waals surface area contributed by atoms with Crippen molar-refractivity contribution < 1.29 is 9.59 Å². The molecule has 0 saturated carbocycles. The van der Waals surface area contributed by atoms with E-state index in [1.807, 2.05) is 0 Å². The third-order valence-corrected chi connectivity index (χ3v) is 1.95. The lowest BCUT2D eigenvalue weighted by Gasteiger charge is -2.07. The topological polar surface area (TPSA) is 99.1 Å². The summed E-state index contributed by atoms with van der Waals surface area (Å²) in [6.45, 7) is 6.66. The molecule has 0 aliphatic carbocycles. The highest BCUT2D eigenvalue weighted by atomic mass is 16.1. The standard InChI is InChI=1S/C11H11N3O2/c1-3-7(15)6-5-9(12)14-11(13)10(6)8(16)4-2/h3-5H,1-2H2,(H4,12,13,14). The average molecular weight is 217 g/mol. The quantitative estimate of drug-likeness (QED) is 0.578. The lowest BCUT2D eigenvalue weighted by atomic mass is 10.0. The van der Waals surface area contributed by atoms with E-state index in [1.54, 1.807) is 0 Å². The molecule has 1 heterocycles. The van der Waals surface area contributed by atoms with Gasteiger partial charge < -0.3 is 11.5 Å². The first kappa shape index (κ1) is 11.6. The molecule has 0 bridgehead atoms. The highest BCUT2D eigenvalue weighted by Crippen LogP contribution is 2.20. The number of rotatable bonds is 4. The largest absolute Gasteiger partial charge is 0.384 e. The number of nitrogens with zero attached hydrogens (tertiary/aromatic N) is 1. The Balaban J connectivity index is 3.55. The molecule has 0 atom stereocenters. The Bertz CT molecular complexity index is 492. The summed E-state index contributed by atoms with van der Waals surface area (Å²) in [6, 6.07) is 1.29. The van der Waals surface area contributed by atoms with Gasteiger partial charge in [-0.25, -0.2) is 4.98 Å². The van der Waals surface area contributed by atoms with Gasteiger partial charge in [-0.3, -0.25) is 9.59 Å². The van der Waals surface area contributed by atoms with Gasteiger partial charge in [0.2, 0.25) is 0 Å². The number of allylic oxidation sites excluding steroid dienone is 2. The number of anilines is 2. The highest BCUT2D eigenvalue weighted by Gasteiger charge is 2.18. The zero-order valence-corrected chi connectivity index (χ0v) is 8.56. The van der Waals surface area contributed by atoms with Crippen molar-refractivity contribution in [1.82, 2.24) is 4.98 Å². The molecule has 1 aromatic heterocycles. The summed E-state index contributed by atoms with van der Waals surface area (Å²) in [4.78, 5) is 26.8. The van der Waals surface area contributed by atoms with Crippen LogP contribution in [0.15, 0.2) is 31.4 Å². The first-order valence-corrected chi connectivity index (χ1v) is 4.40. The van der Waals surface area contributed by atoms with Gasteiger partial charge in [0.1, 0.15) is 11.6 Å². The number of nitrogen functional groups attached to an aromatic ring is 2. The van der Waals surface area contributed by atoms with Crippen LogP contribution >= 0.6 is 0 Å². The summed E-state index contributed by atoms with van der Waals surface area (Å²) in [5.74, 6) is -0.931. The minimum absolute atomic E-state index is 0.00843. The van der Waals surface area contributed by atoms with E-state index in [1.165, 1.54) is 6.07 Å². The van der Waals surface area contributed by atoms with Crippen LogP contribution in [0.1, 0.15) is 20.7 Å². The summed E-state index contributed by atoms with van der Waals surface area (Å²) in [5, 5.41) is 0. The van der Waals surface area contributed by atoms with Crippen LogP contribution in [0.25, 0.3) is 0 Å². The summed E-state index contributed by atoms with van der Waals surface area (Å²) in [7, 11) is 0. The number of aromatic nitrogens is 1. The fraction of sp³-hybridized carbons (Fsp3) is 0. The average Bonchev–Trinajstić information content (AvgIpc) is 2.26. The Morgan fingerprint density at radius 3 is 2.25 bits per heavy atom. The number of hydrogen-bond donors (Lipinski definition) is 2. The van der Waals surface area contributed by atoms with E-state index in [0.717, 1.165) is 12.2 Å². The van der Waals surface area contributed by atoms with Crippen LogP contribution in [0.2, 0.25) is 0 Å². The molecule has 0 fully saturated rings. The zero-order chi connectivity index (χ0) is 12.3. The third kappa shape index (κ3) is 1.98. The van der Waals surface area contributed by atoms with Crippen LogP contribution in [0.4, 0.5) is 11.6 Å². The van der Waals surface area contributed by atoms with Crippen molar-refractivity contribution in [2.24, 2.45) is 0 Å². The van der Waals surface area contributed by atoms with E-state index in [9.17, 15) is 9.59 Å². The SMILES string of the molecule is C=CC(=O)c1cc(N)nc(N)c1C(=O)C=C. The second kappa shape index (κ2) is 4.39. The van der Waals surface area contributed by atoms with Gasteiger partial charge in [0.05, 0.1) is 5.56 Å². The minimum Gasteiger partial charge on any atom is -0.384 e. The highest BCUT2D eigenvalue weighted by molar-refractivity contribution is 6.18. The van der Waals surface area contributed by atoms with Gasteiger partial charge in [0, 0.05) is 5.56 Å². The Labute approximate surface area is 92.5 Å². The second-order valence-electron chi connectivity index (χ2n) is 2.99. The van der Waals surface area contributed by atoms with Crippen molar-refractivity contribution in [2.75, 3.05) is 11.5 Å². The third-order valence-electron chi connectivity index (χ3n) is 1.95. The molecule has 1 aromatic rings. The summed E-state index contributed by atoms with van der Waals surface area (Å²) < 4.78 is 0. The van der Waals surface area contributed by atoms with E-state index in [0.29, 0.717) is 0 Å². The van der Waals surface area contributed by atoms with Gasteiger partial charge in [-0.1, -0.05) is 13.2 Å². The van der Waals surface area contributed by atoms with Crippen molar-refractivity contribution in [3.05, 3.63) is 42.5 Å². The second-order valence-corrected chi connectivity index (χ2v) is 2.99. The molecular formula is C11H11N3O2. The number of carbonyl (C=O) groups excluding carboxylic acids is 2. The normalized spacial score (nSPS) is 9.50. The Morgan fingerprint density at radius 2 is 1.75 bits per heavy atom. The van der Waals surface area contributed by atoms with Crippen LogP contribution in [0.5, 0.6) is 0 Å². The van der Waals surface area contributed by atoms with Crippen LogP contribution in [0.3, 0.4) is 0 Å². The van der Waals surface area contributed by atoms with E-state index < -0.39 is 11.6 Å². The maximum absolute atomic E-state index is 11.5. The van der Waals surface area contributed by atoms with E-state index >= 15 is 0 Å². The number of nitrogens with two attached hydrogens (primary N) is 2. The lowest BCUT2D eigenvalue weighted by Crippen LogP contribution is -2.12. The molecule has 0 aliphatic rings.